The maximum absolute atomic E-state index is 12.0. The highest BCUT2D eigenvalue weighted by Crippen LogP contribution is 2.21. The Kier molecular flexibility index (Phi) is 7.62. The summed E-state index contributed by atoms with van der Waals surface area (Å²) in [6, 6.07) is 15.4. The fourth-order valence-electron chi connectivity index (χ4n) is 1.71. The summed E-state index contributed by atoms with van der Waals surface area (Å²) in [5.74, 6) is 1.35. The average Bonchev–Trinajstić information content (AvgIpc) is 2.54. The van der Waals surface area contributed by atoms with Gasteiger partial charge in [-0.25, -0.2) is 0 Å². The summed E-state index contributed by atoms with van der Waals surface area (Å²) in [5.41, 5.74) is 1.93. The number of thioether (sulfide) groups is 1. The second-order valence-corrected chi connectivity index (χ2v) is 5.31. The van der Waals surface area contributed by atoms with Crippen molar-refractivity contribution in [2.45, 2.75) is 25.7 Å². The van der Waals surface area contributed by atoms with Crippen molar-refractivity contribution in [2.24, 2.45) is 0 Å². The van der Waals surface area contributed by atoms with Crippen molar-refractivity contribution in [1.82, 2.24) is 0 Å². The largest absolute Gasteiger partial charge is 0.497 e. The molecule has 2 aromatic rings. The number of Topliss-reactive ketones (excluding diaryl/α,β-unsaturated/α-hetero) is 1. The lowest BCUT2D eigenvalue weighted by Crippen LogP contribution is -2.02. The highest BCUT2D eigenvalue weighted by molar-refractivity contribution is 8.00. The third-order valence-electron chi connectivity index (χ3n) is 2.77. The van der Waals surface area contributed by atoms with Crippen molar-refractivity contribution in [3.05, 3.63) is 59.7 Å². The van der Waals surface area contributed by atoms with E-state index in [2.05, 4.69) is 19.1 Å². The monoisotopic (exact) mass is 302 g/mol. The summed E-state index contributed by atoms with van der Waals surface area (Å²) in [5, 5.41) is 0. The molecular weight excluding hydrogens is 280 g/mol. The van der Waals surface area contributed by atoms with E-state index in [1.165, 1.54) is 5.56 Å². The Morgan fingerprint density at radius 2 is 1.76 bits per heavy atom. The van der Waals surface area contributed by atoms with Crippen LogP contribution in [-0.4, -0.2) is 18.6 Å². The van der Waals surface area contributed by atoms with E-state index in [0.717, 1.165) is 16.2 Å². The van der Waals surface area contributed by atoms with Crippen molar-refractivity contribution >= 4 is 17.5 Å². The minimum absolute atomic E-state index is 0.133. The van der Waals surface area contributed by atoms with E-state index in [4.69, 9.17) is 4.74 Å². The number of carbonyl (C=O) groups excluding carboxylic acids is 1. The number of hydrogen-bond donors (Lipinski definition) is 0. The fourth-order valence-corrected chi connectivity index (χ4v) is 2.62. The minimum Gasteiger partial charge on any atom is -0.497 e. The van der Waals surface area contributed by atoms with Crippen molar-refractivity contribution in [3.63, 3.8) is 0 Å². The molecule has 0 spiro atoms. The van der Waals surface area contributed by atoms with E-state index in [0.29, 0.717) is 5.75 Å². The number of carbonyl (C=O) groups is 1. The predicted octanol–water partition coefficient (Wildman–Crippen LogP) is 5.00. The van der Waals surface area contributed by atoms with Crippen LogP contribution in [0.5, 0.6) is 5.75 Å². The summed E-state index contributed by atoms with van der Waals surface area (Å²) >= 11 is 1.57. The lowest BCUT2D eigenvalue weighted by atomic mass is 10.1. The van der Waals surface area contributed by atoms with Gasteiger partial charge in [-0.15, -0.1) is 11.8 Å². The minimum atomic E-state index is 0.133. The summed E-state index contributed by atoms with van der Waals surface area (Å²) in [6.45, 7) is 6.05. The molecule has 0 atom stereocenters. The normalized spacial score (nSPS) is 9.52. The molecule has 0 N–H and O–H groups in total. The number of ketones is 1. The van der Waals surface area contributed by atoms with E-state index in [1.54, 1.807) is 31.0 Å². The second kappa shape index (κ2) is 9.24. The topological polar surface area (TPSA) is 26.3 Å². The first-order valence-corrected chi connectivity index (χ1v) is 8.04. The zero-order chi connectivity index (χ0) is 15.7. The predicted molar refractivity (Wildman–Crippen MR) is 90.6 cm³/mol. The van der Waals surface area contributed by atoms with Gasteiger partial charge in [0.25, 0.3) is 0 Å². The molecule has 0 aromatic heterocycles. The Morgan fingerprint density at radius 1 is 1.10 bits per heavy atom. The van der Waals surface area contributed by atoms with Crippen molar-refractivity contribution < 1.29 is 9.53 Å². The maximum Gasteiger partial charge on any atom is 0.173 e. The third-order valence-corrected chi connectivity index (χ3v) is 3.77. The van der Waals surface area contributed by atoms with Crippen LogP contribution in [0, 0.1) is 6.92 Å². The van der Waals surface area contributed by atoms with Gasteiger partial charge in [-0.1, -0.05) is 31.5 Å². The standard InChI is InChI=1S/C16H16O2S.C2H6/c1-12-4-3-5-15(10-12)19-11-16(17)13-6-8-14(18-2)9-7-13;1-2/h3-10H,11H2,1-2H3;1-2H3. The molecule has 112 valence electrons. The molecule has 0 saturated heterocycles. The fraction of sp³-hybridized carbons (Fsp3) is 0.278. The molecule has 2 aromatic carbocycles. The molecule has 0 aliphatic carbocycles. The molecule has 3 heteroatoms. The Hall–Kier alpha value is -1.74. The second-order valence-electron chi connectivity index (χ2n) is 4.26. The Morgan fingerprint density at radius 3 is 2.33 bits per heavy atom. The zero-order valence-electron chi connectivity index (χ0n) is 13.1. The molecule has 0 radical (unpaired) electrons. The lowest BCUT2D eigenvalue weighted by Gasteiger charge is -2.04. The van der Waals surface area contributed by atoms with Gasteiger partial charge in [-0.3, -0.25) is 4.79 Å². The SMILES string of the molecule is CC.COc1ccc(C(=O)CSc2cccc(C)c2)cc1. The van der Waals surface area contributed by atoms with Gasteiger partial charge < -0.3 is 4.74 Å². The maximum atomic E-state index is 12.0. The molecule has 0 amide bonds. The molecule has 0 aliphatic heterocycles. The van der Waals surface area contributed by atoms with Crippen molar-refractivity contribution in [1.29, 1.82) is 0 Å². The Bertz CT molecular complexity index is 562. The van der Waals surface area contributed by atoms with Crippen LogP contribution < -0.4 is 4.74 Å². The van der Waals surface area contributed by atoms with Gasteiger partial charge in [0.15, 0.2) is 5.78 Å². The number of benzene rings is 2. The van der Waals surface area contributed by atoms with Crippen LogP contribution in [0.2, 0.25) is 0 Å². The zero-order valence-corrected chi connectivity index (χ0v) is 13.9. The molecule has 0 bridgehead atoms. The molecule has 0 heterocycles. The van der Waals surface area contributed by atoms with Gasteiger partial charge >= 0.3 is 0 Å². The van der Waals surface area contributed by atoms with Crippen LogP contribution in [0.3, 0.4) is 0 Å². The smallest absolute Gasteiger partial charge is 0.173 e. The number of ether oxygens (including phenoxy) is 1. The van der Waals surface area contributed by atoms with Crippen LogP contribution in [0.25, 0.3) is 0 Å². The Labute approximate surface area is 131 Å². The lowest BCUT2D eigenvalue weighted by molar-refractivity contribution is 0.102. The highest BCUT2D eigenvalue weighted by atomic mass is 32.2. The van der Waals surface area contributed by atoms with Crippen molar-refractivity contribution in [3.8, 4) is 5.75 Å². The number of methoxy groups -OCH3 is 1. The number of hydrogen-bond acceptors (Lipinski definition) is 3. The van der Waals surface area contributed by atoms with Crippen LogP contribution in [-0.2, 0) is 0 Å². The molecule has 0 unspecified atom stereocenters. The first-order chi connectivity index (χ1) is 10.2. The quantitative estimate of drug-likeness (QED) is 0.574. The number of aryl methyl sites for hydroxylation is 1. The van der Waals surface area contributed by atoms with Gasteiger partial charge in [0.2, 0.25) is 0 Å². The van der Waals surface area contributed by atoms with Crippen molar-refractivity contribution in [2.75, 3.05) is 12.9 Å². The Balaban J connectivity index is 0.00000106. The van der Waals surface area contributed by atoms with E-state index in [1.807, 2.05) is 38.1 Å². The third kappa shape index (κ3) is 5.64. The highest BCUT2D eigenvalue weighted by Gasteiger charge is 2.06. The molecule has 0 fully saturated rings. The van der Waals surface area contributed by atoms with Crippen LogP contribution in [0.1, 0.15) is 29.8 Å². The average molecular weight is 302 g/mol. The first-order valence-electron chi connectivity index (χ1n) is 7.06. The summed E-state index contributed by atoms with van der Waals surface area (Å²) in [7, 11) is 1.62. The summed E-state index contributed by atoms with van der Waals surface area (Å²) in [4.78, 5) is 13.2. The van der Waals surface area contributed by atoms with Gasteiger partial charge in [0.05, 0.1) is 12.9 Å². The molecule has 0 aliphatic rings. The van der Waals surface area contributed by atoms with E-state index in [-0.39, 0.29) is 5.78 Å². The van der Waals surface area contributed by atoms with Crippen LogP contribution in [0.15, 0.2) is 53.4 Å². The first kappa shape index (κ1) is 17.3. The number of rotatable bonds is 5. The molecule has 21 heavy (non-hydrogen) atoms. The van der Waals surface area contributed by atoms with E-state index < -0.39 is 0 Å². The van der Waals surface area contributed by atoms with Crippen LogP contribution in [0.4, 0.5) is 0 Å². The van der Waals surface area contributed by atoms with Gasteiger partial charge in [0.1, 0.15) is 5.75 Å². The van der Waals surface area contributed by atoms with Crippen LogP contribution >= 0.6 is 11.8 Å². The molecule has 2 nitrogen and oxygen atoms in total. The van der Waals surface area contributed by atoms with E-state index >= 15 is 0 Å². The molecule has 2 rings (SSSR count). The van der Waals surface area contributed by atoms with E-state index in [9.17, 15) is 4.79 Å². The van der Waals surface area contributed by atoms with Gasteiger partial charge in [-0.2, -0.15) is 0 Å². The van der Waals surface area contributed by atoms with Gasteiger partial charge in [-0.05, 0) is 43.3 Å². The molecule has 0 saturated carbocycles. The van der Waals surface area contributed by atoms with Gasteiger partial charge in [0, 0.05) is 10.5 Å². The summed E-state index contributed by atoms with van der Waals surface area (Å²) < 4.78 is 5.07. The summed E-state index contributed by atoms with van der Waals surface area (Å²) in [6.07, 6.45) is 0. The molecular formula is C18H22O2S.